The van der Waals surface area contributed by atoms with Gasteiger partial charge in [0.2, 0.25) is 0 Å². The molecule has 0 N–H and O–H groups in total. The van der Waals surface area contributed by atoms with Gasteiger partial charge in [-0.05, 0) is 23.3 Å². The lowest BCUT2D eigenvalue weighted by Gasteiger charge is -2.34. The Bertz CT molecular complexity index is 1010. The van der Waals surface area contributed by atoms with Crippen molar-refractivity contribution in [3.63, 3.8) is 0 Å². The maximum absolute atomic E-state index is 6.06. The number of hydrogen-bond donors (Lipinski definition) is 0. The molecule has 32 heavy (non-hydrogen) atoms. The van der Waals surface area contributed by atoms with Gasteiger partial charge in [-0.25, -0.2) is 4.58 Å². The van der Waals surface area contributed by atoms with E-state index in [0.29, 0.717) is 0 Å². The summed E-state index contributed by atoms with van der Waals surface area (Å²) in [4.78, 5) is 2.52. The molecule has 4 heteroatoms. The van der Waals surface area contributed by atoms with Gasteiger partial charge in [0, 0.05) is 49.3 Å². The fraction of sp³-hybridized carbons (Fsp3) is 0.250. The molecule has 0 bridgehead atoms. The zero-order valence-corrected chi connectivity index (χ0v) is 20.2. The van der Waals surface area contributed by atoms with Crippen molar-refractivity contribution < 1.29 is 17.0 Å². The molecule has 3 aromatic carbocycles. The first-order chi connectivity index (χ1) is 15.0. The zero-order valence-electron chi connectivity index (χ0n) is 18.7. The molecule has 0 amide bonds. The van der Waals surface area contributed by atoms with Crippen molar-refractivity contribution in [1.82, 2.24) is 4.90 Å². The highest BCUT2D eigenvalue weighted by Crippen LogP contribution is 2.29. The lowest BCUT2D eigenvalue weighted by Crippen LogP contribution is -3.00. The summed E-state index contributed by atoms with van der Waals surface area (Å²) < 4.78 is 2.43. The summed E-state index contributed by atoms with van der Waals surface area (Å²) in [5, 5.41) is 0.783. The number of hydrogen-bond acceptors (Lipinski definition) is 1. The third-order valence-corrected chi connectivity index (χ3v) is 6.19. The number of rotatable bonds is 7. The van der Waals surface area contributed by atoms with E-state index in [-0.39, 0.29) is 17.9 Å². The van der Waals surface area contributed by atoms with E-state index >= 15 is 0 Å². The zero-order chi connectivity index (χ0) is 21.7. The van der Waals surface area contributed by atoms with Crippen LogP contribution in [0.1, 0.15) is 37.0 Å². The summed E-state index contributed by atoms with van der Waals surface area (Å²) >= 11 is 6.06. The van der Waals surface area contributed by atoms with E-state index in [9.17, 15) is 0 Å². The first-order valence-electron chi connectivity index (χ1n) is 10.9. The topological polar surface area (TPSA) is 6.25 Å². The van der Waals surface area contributed by atoms with Gasteiger partial charge in [-0.3, -0.25) is 0 Å². The van der Waals surface area contributed by atoms with Crippen LogP contribution in [-0.4, -0.2) is 21.2 Å². The summed E-state index contributed by atoms with van der Waals surface area (Å²) in [5.74, 6) is 0. The van der Waals surface area contributed by atoms with Crippen LogP contribution in [0.2, 0.25) is 5.02 Å². The fourth-order valence-electron chi connectivity index (χ4n) is 4.12. The monoisotopic (exact) mass is 464 g/mol. The average Bonchev–Trinajstić information content (AvgIpc) is 2.77. The van der Waals surface area contributed by atoms with E-state index in [4.69, 9.17) is 11.6 Å². The largest absolute Gasteiger partial charge is 1.00 e. The highest BCUT2D eigenvalue weighted by atomic mass is 35.5. The second-order valence-electron chi connectivity index (χ2n) is 8.88. The molecule has 0 aliphatic carbocycles. The number of allylic oxidation sites excluding steroid dienone is 1. The molecule has 3 aromatic rings. The maximum atomic E-state index is 6.06. The third kappa shape index (κ3) is 6.25. The molecule has 0 saturated carbocycles. The molecule has 0 aromatic heterocycles. The van der Waals surface area contributed by atoms with E-state index in [1.54, 1.807) is 0 Å². The Morgan fingerprint density at radius 3 is 1.81 bits per heavy atom. The Morgan fingerprint density at radius 1 is 0.781 bits per heavy atom. The summed E-state index contributed by atoms with van der Waals surface area (Å²) in [5.41, 5.74) is 5.34. The van der Waals surface area contributed by atoms with E-state index in [1.165, 1.54) is 22.4 Å². The SMILES string of the molecule is CC1(C)CC(N(Cc2ccccc2)Cc2ccccc2)=CC=[N+]1Cc1ccc(Cl)cc1.[Cl-]. The van der Waals surface area contributed by atoms with Gasteiger partial charge in [0.1, 0.15) is 0 Å². The average molecular weight is 465 g/mol. The van der Waals surface area contributed by atoms with Crippen LogP contribution in [-0.2, 0) is 19.6 Å². The van der Waals surface area contributed by atoms with Crippen LogP contribution < -0.4 is 12.4 Å². The van der Waals surface area contributed by atoms with Crippen LogP contribution in [0.25, 0.3) is 0 Å². The minimum Gasteiger partial charge on any atom is -1.00 e. The van der Waals surface area contributed by atoms with Crippen molar-refractivity contribution in [2.45, 2.75) is 45.4 Å². The second kappa shape index (κ2) is 10.8. The Balaban J connectivity index is 0.00000289. The molecule has 0 fully saturated rings. The number of benzene rings is 3. The normalized spacial score (nSPS) is 14.7. The summed E-state index contributed by atoms with van der Waals surface area (Å²) in [6.07, 6.45) is 5.56. The summed E-state index contributed by atoms with van der Waals surface area (Å²) in [6.45, 7) is 7.35. The number of halogens is 2. The van der Waals surface area contributed by atoms with Crippen LogP contribution in [0.4, 0.5) is 0 Å². The predicted molar refractivity (Wildman–Crippen MR) is 130 cm³/mol. The van der Waals surface area contributed by atoms with Crippen LogP contribution in [0.15, 0.2) is 96.7 Å². The standard InChI is InChI=1S/C28H30ClN2.ClH/c1-28(2)19-27(17-18-31(28)22-25-13-15-26(29)16-14-25)30(20-23-9-5-3-6-10-23)21-24-11-7-4-8-12-24;/h3-18H,19-22H2,1-2H3;1H/q+1;/p-1. The smallest absolute Gasteiger partial charge is 0.168 e. The molecule has 2 nitrogen and oxygen atoms in total. The molecule has 0 saturated heterocycles. The van der Waals surface area contributed by atoms with E-state index < -0.39 is 0 Å². The van der Waals surface area contributed by atoms with Crippen LogP contribution in [0.3, 0.4) is 0 Å². The molecule has 4 rings (SSSR count). The van der Waals surface area contributed by atoms with Crippen LogP contribution in [0, 0.1) is 0 Å². The van der Waals surface area contributed by atoms with Gasteiger partial charge in [-0.15, -0.1) is 0 Å². The minimum absolute atomic E-state index is 0. The highest BCUT2D eigenvalue weighted by Gasteiger charge is 2.35. The van der Waals surface area contributed by atoms with Gasteiger partial charge in [0.25, 0.3) is 0 Å². The van der Waals surface area contributed by atoms with E-state index in [2.05, 4.69) is 108 Å². The van der Waals surface area contributed by atoms with E-state index in [0.717, 1.165) is 31.1 Å². The Labute approximate surface area is 203 Å². The van der Waals surface area contributed by atoms with Gasteiger partial charge < -0.3 is 17.3 Å². The molecule has 0 spiro atoms. The van der Waals surface area contributed by atoms with Crippen molar-refractivity contribution in [2.24, 2.45) is 0 Å². The minimum atomic E-state index is 0. The van der Waals surface area contributed by atoms with Crippen LogP contribution in [0.5, 0.6) is 0 Å². The third-order valence-electron chi connectivity index (χ3n) is 5.94. The molecule has 0 unspecified atom stereocenters. The maximum Gasteiger partial charge on any atom is 0.168 e. The van der Waals surface area contributed by atoms with Crippen molar-refractivity contribution in [1.29, 1.82) is 0 Å². The van der Waals surface area contributed by atoms with E-state index in [1.807, 2.05) is 12.1 Å². The first-order valence-corrected chi connectivity index (χ1v) is 11.3. The van der Waals surface area contributed by atoms with Gasteiger partial charge in [-0.1, -0.05) is 84.4 Å². The van der Waals surface area contributed by atoms with Gasteiger partial charge in [0.05, 0.1) is 6.42 Å². The van der Waals surface area contributed by atoms with Crippen LogP contribution >= 0.6 is 11.6 Å². The quantitative estimate of drug-likeness (QED) is 0.483. The summed E-state index contributed by atoms with van der Waals surface area (Å²) in [6, 6.07) is 29.7. The summed E-state index contributed by atoms with van der Waals surface area (Å²) in [7, 11) is 0. The molecule has 1 aliphatic heterocycles. The molecule has 0 radical (unpaired) electrons. The fourth-order valence-corrected chi connectivity index (χ4v) is 4.24. The molecule has 1 aliphatic rings. The highest BCUT2D eigenvalue weighted by molar-refractivity contribution is 6.30. The van der Waals surface area contributed by atoms with Gasteiger partial charge >= 0.3 is 0 Å². The Hall–Kier alpha value is -2.55. The van der Waals surface area contributed by atoms with Gasteiger partial charge in [-0.2, -0.15) is 0 Å². The van der Waals surface area contributed by atoms with Crippen molar-refractivity contribution in [3.05, 3.63) is 118 Å². The lowest BCUT2D eigenvalue weighted by molar-refractivity contribution is -0.612. The number of nitrogens with zero attached hydrogens (tertiary/aromatic N) is 2. The first kappa shape index (κ1) is 24.1. The Kier molecular flexibility index (Phi) is 8.17. The van der Waals surface area contributed by atoms with Crippen molar-refractivity contribution in [2.75, 3.05) is 0 Å². The lowest BCUT2D eigenvalue weighted by atomic mass is 9.93. The van der Waals surface area contributed by atoms with Crippen molar-refractivity contribution >= 4 is 17.8 Å². The second-order valence-corrected chi connectivity index (χ2v) is 9.31. The van der Waals surface area contributed by atoms with Gasteiger partial charge in [0.15, 0.2) is 18.3 Å². The molecule has 0 atom stereocenters. The molecule has 1 heterocycles. The molecule has 166 valence electrons. The van der Waals surface area contributed by atoms with Crippen molar-refractivity contribution in [3.8, 4) is 0 Å². The molecular weight excluding hydrogens is 435 g/mol. The molecular formula is C28H30Cl2N2. The Morgan fingerprint density at radius 2 is 1.31 bits per heavy atom. The predicted octanol–water partition coefficient (Wildman–Crippen LogP) is 3.70.